The Kier molecular flexibility index (Phi) is 5.22. The molecule has 0 amide bonds. The SMILES string of the molecule is CCSc1cccc(N2CC=C(C(F)(F)F)CC2)c1CN. The van der Waals surface area contributed by atoms with Crippen LogP contribution in [0.1, 0.15) is 18.9 Å². The van der Waals surface area contributed by atoms with Crippen molar-refractivity contribution >= 4 is 17.4 Å². The number of rotatable bonds is 4. The van der Waals surface area contributed by atoms with Crippen LogP contribution in [0.15, 0.2) is 34.7 Å². The van der Waals surface area contributed by atoms with Gasteiger partial charge in [0.15, 0.2) is 0 Å². The summed E-state index contributed by atoms with van der Waals surface area (Å²) in [7, 11) is 0. The van der Waals surface area contributed by atoms with Crippen molar-refractivity contribution in [1.82, 2.24) is 0 Å². The summed E-state index contributed by atoms with van der Waals surface area (Å²) in [6.07, 6.45) is -2.90. The molecule has 0 aromatic heterocycles. The first kappa shape index (κ1) is 16.2. The summed E-state index contributed by atoms with van der Waals surface area (Å²) < 4.78 is 38.0. The third-order valence-corrected chi connectivity index (χ3v) is 4.51. The van der Waals surface area contributed by atoms with E-state index < -0.39 is 11.7 Å². The van der Waals surface area contributed by atoms with Crippen LogP contribution >= 0.6 is 11.8 Å². The van der Waals surface area contributed by atoms with Crippen molar-refractivity contribution in [3.05, 3.63) is 35.4 Å². The first-order chi connectivity index (χ1) is 9.97. The second-order valence-corrected chi connectivity index (χ2v) is 6.12. The van der Waals surface area contributed by atoms with Crippen molar-refractivity contribution in [3.8, 4) is 0 Å². The molecule has 0 bridgehead atoms. The molecule has 2 nitrogen and oxygen atoms in total. The molecule has 2 rings (SSSR count). The summed E-state index contributed by atoms with van der Waals surface area (Å²) >= 11 is 1.71. The number of anilines is 1. The molecule has 0 fully saturated rings. The predicted octanol–water partition coefficient (Wildman–Crippen LogP) is 3.96. The van der Waals surface area contributed by atoms with E-state index in [0.717, 1.165) is 21.9 Å². The zero-order valence-electron chi connectivity index (χ0n) is 11.9. The van der Waals surface area contributed by atoms with Crippen molar-refractivity contribution < 1.29 is 13.2 Å². The van der Waals surface area contributed by atoms with Crippen molar-refractivity contribution in [2.75, 3.05) is 23.7 Å². The second-order valence-electron chi connectivity index (χ2n) is 4.81. The molecule has 6 heteroatoms. The molecule has 1 aromatic carbocycles. The number of nitrogens with zero attached hydrogens (tertiary/aromatic N) is 1. The van der Waals surface area contributed by atoms with E-state index >= 15 is 0 Å². The minimum Gasteiger partial charge on any atom is -0.367 e. The van der Waals surface area contributed by atoms with E-state index in [1.165, 1.54) is 6.08 Å². The monoisotopic (exact) mass is 316 g/mol. The topological polar surface area (TPSA) is 29.3 Å². The molecule has 0 radical (unpaired) electrons. The van der Waals surface area contributed by atoms with Crippen LogP contribution in [0, 0.1) is 0 Å². The van der Waals surface area contributed by atoms with Gasteiger partial charge in [-0.15, -0.1) is 11.8 Å². The predicted molar refractivity (Wildman–Crippen MR) is 81.7 cm³/mol. The van der Waals surface area contributed by atoms with Crippen molar-refractivity contribution in [2.45, 2.75) is 31.0 Å². The Labute approximate surface area is 127 Å². The third kappa shape index (κ3) is 3.74. The molecule has 21 heavy (non-hydrogen) atoms. The van der Waals surface area contributed by atoms with E-state index in [1.807, 2.05) is 23.1 Å². The van der Waals surface area contributed by atoms with Crippen LogP contribution < -0.4 is 10.6 Å². The highest BCUT2D eigenvalue weighted by Crippen LogP contribution is 2.34. The molecule has 0 aliphatic carbocycles. The fourth-order valence-electron chi connectivity index (χ4n) is 2.49. The van der Waals surface area contributed by atoms with Crippen molar-refractivity contribution in [2.24, 2.45) is 5.73 Å². The number of hydrogen-bond acceptors (Lipinski definition) is 3. The Hall–Kier alpha value is -1.14. The average Bonchev–Trinajstić information content (AvgIpc) is 2.46. The molecular formula is C15H19F3N2S. The minimum absolute atomic E-state index is 0.0264. The normalized spacial score (nSPS) is 16.0. The second kappa shape index (κ2) is 6.75. The van der Waals surface area contributed by atoms with Gasteiger partial charge in [0.05, 0.1) is 0 Å². The summed E-state index contributed by atoms with van der Waals surface area (Å²) in [6, 6.07) is 5.89. The maximum Gasteiger partial charge on any atom is 0.412 e. The third-order valence-electron chi connectivity index (χ3n) is 3.53. The number of thioether (sulfide) groups is 1. The maximum atomic E-state index is 12.7. The van der Waals surface area contributed by atoms with E-state index in [2.05, 4.69) is 6.92 Å². The van der Waals surface area contributed by atoms with Crippen LogP contribution in [0.2, 0.25) is 0 Å². The van der Waals surface area contributed by atoms with Gasteiger partial charge in [0, 0.05) is 41.4 Å². The van der Waals surface area contributed by atoms with E-state index in [9.17, 15) is 13.2 Å². The number of benzene rings is 1. The number of nitrogens with two attached hydrogens (primary N) is 1. The molecule has 0 saturated carbocycles. The first-order valence-electron chi connectivity index (χ1n) is 6.93. The molecule has 0 spiro atoms. The van der Waals surface area contributed by atoms with Gasteiger partial charge in [0.25, 0.3) is 0 Å². The number of halogens is 3. The van der Waals surface area contributed by atoms with Gasteiger partial charge in [-0.2, -0.15) is 13.2 Å². The van der Waals surface area contributed by atoms with Crippen LogP contribution in [-0.2, 0) is 6.54 Å². The van der Waals surface area contributed by atoms with E-state index in [4.69, 9.17) is 5.73 Å². The molecule has 1 aliphatic rings. The summed E-state index contributed by atoms with van der Waals surface area (Å²) in [5.74, 6) is 0.939. The van der Waals surface area contributed by atoms with E-state index in [0.29, 0.717) is 13.1 Å². The molecule has 1 aromatic rings. The molecule has 116 valence electrons. The smallest absolute Gasteiger partial charge is 0.367 e. The Morgan fingerprint density at radius 3 is 2.62 bits per heavy atom. The molecule has 0 saturated heterocycles. The average molecular weight is 316 g/mol. The molecule has 0 unspecified atom stereocenters. The lowest BCUT2D eigenvalue weighted by Crippen LogP contribution is -2.32. The largest absolute Gasteiger partial charge is 0.412 e. The van der Waals surface area contributed by atoms with Gasteiger partial charge in [-0.25, -0.2) is 0 Å². The Balaban J connectivity index is 2.24. The number of hydrogen-bond donors (Lipinski definition) is 1. The Morgan fingerprint density at radius 1 is 1.33 bits per heavy atom. The minimum atomic E-state index is -4.21. The summed E-state index contributed by atoms with van der Waals surface area (Å²) in [5, 5.41) is 0. The van der Waals surface area contributed by atoms with Gasteiger partial charge in [0.1, 0.15) is 0 Å². The lowest BCUT2D eigenvalue weighted by atomic mass is 10.1. The molecule has 2 N–H and O–H groups in total. The first-order valence-corrected chi connectivity index (χ1v) is 7.91. The van der Waals surface area contributed by atoms with E-state index in [1.54, 1.807) is 11.8 Å². The van der Waals surface area contributed by atoms with Crippen LogP contribution in [0.5, 0.6) is 0 Å². The highest BCUT2D eigenvalue weighted by molar-refractivity contribution is 7.99. The van der Waals surface area contributed by atoms with Gasteiger partial charge < -0.3 is 10.6 Å². The molecule has 0 atom stereocenters. The van der Waals surface area contributed by atoms with Gasteiger partial charge in [-0.05, 0) is 24.3 Å². The molecule has 1 aliphatic heterocycles. The summed E-state index contributed by atoms with van der Waals surface area (Å²) in [5.41, 5.74) is 7.40. The van der Waals surface area contributed by atoms with E-state index in [-0.39, 0.29) is 13.0 Å². The van der Waals surface area contributed by atoms with Gasteiger partial charge in [-0.3, -0.25) is 0 Å². The van der Waals surface area contributed by atoms with Crippen molar-refractivity contribution in [1.29, 1.82) is 0 Å². The fraction of sp³-hybridized carbons (Fsp3) is 0.467. The van der Waals surface area contributed by atoms with Gasteiger partial charge in [-0.1, -0.05) is 19.1 Å². The molecular weight excluding hydrogens is 297 g/mol. The quantitative estimate of drug-likeness (QED) is 0.673. The van der Waals surface area contributed by atoms with Crippen LogP contribution in [0.3, 0.4) is 0 Å². The summed E-state index contributed by atoms with van der Waals surface area (Å²) in [6.45, 7) is 3.11. The number of alkyl halides is 3. The highest BCUT2D eigenvalue weighted by atomic mass is 32.2. The Morgan fingerprint density at radius 2 is 2.10 bits per heavy atom. The standard InChI is InChI=1S/C15H19F3N2S/c1-2-21-14-5-3-4-13(12(14)10-19)20-8-6-11(7-9-20)15(16,17)18/h3-6H,2,7-10,19H2,1H3. The highest BCUT2D eigenvalue weighted by Gasteiger charge is 2.35. The molecule has 1 heterocycles. The zero-order valence-corrected chi connectivity index (χ0v) is 12.7. The fourth-order valence-corrected chi connectivity index (χ4v) is 3.34. The van der Waals surface area contributed by atoms with Crippen LogP contribution in [0.25, 0.3) is 0 Å². The van der Waals surface area contributed by atoms with Crippen molar-refractivity contribution in [3.63, 3.8) is 0 Å². The lowest BCUT2D eigenvalue weighted by Gasteiger charge is -2.31. The van der Waals surface area contributed by atoms with Crippen LogP contribution in [-0.4, -0.2) is 25.0 Å². The zero-order chi connectivity index (χ0) is 15.5. The van der Waals surface area contributed by atoms with Gasteiger partial charge >= 0.3 is 6.18 Å². The Bertz CT molecular complexity index is 526. The van der Waals surface area contributed by atoms with Crippen LogP contribution in [0.4, 0.5) is 18.9 Å². The lowest BCUT2D eigenvalue weighted by molar-refractivity contribution is -0.0943. The summed E-state index contributed by atoms with van der Waals surface area (Å²) in [4.78, 5) is 3.08. The van der Waals surface area contributed by atoms with Gasteiger partial charge in [0.2, 0.25) is 0 Å². The maximum absolute atomic E-state index is 12.7.